The average Bonchev–Trinajstić information content (AvgIpc) is 3.50. The first kappa shape index (κ1) is 19.1. The fraction of sp³-hybridized carbons (Fsp3) is 0.333. The van der Waals surface area contributed by atoms with Crippen molar-refractivity contribution in [2.24, 2.45) is 0 Å². The largest absolute Gasteiger partial charge is 0.496 e. The van der Waals surface area contributed by atoms with E-state index in [1.165, 1.54) is 24.2 Å². The van der Waals surface area contributed by atoms with Gasteiger partial charge in [0.15, 0.2) is 0 Å². The van der Waals surface area contributed by atoms with Crippen molar-refractivity contribution in [1.82, 2.24) is 15.2 Å². The van der Waals surface area contributed by atoms with Gasteiger partial charge in [-0.05, 0) is 43.4 Å². The third kappa shape index (κ3) is 4.11. The molecule has 1 saturated heterocycles. The molecule has 146 valence electrons. The van der Waals surface area contributed by atoms with E-state index in [1.54, 1.807) is 24.6 Å². The van der Waals surface area contributed by atoms with Gasteiger partial charge in [0.2, 0.25) is 0 Å². The molecule has 1 amide bonds. The Balaban J connectivity index is 1.49. The van der Waals surface area contributed by atoms with Gasteiger partial charge >= 0.3 is 0 Å². The molecule has 5 nitrogen and oxygen atoms in total. The lowest BCUT2D eigenvalue weighted by Gasteiger charge is -2.29. The van der Waals surface area contributed by atoms with Crippen molar-refractivity contribution in [2.75, 3.05) is 26.7 Å². The van der Waals surface area contributed by atoms with Crippen LogP contribution >= 0.6 is 22.7 Å². The maximum Gasteiger partial charge on any atom is 0.263 e. The Kier molecular flexibility index (Phi) is 6.04. The van der Waals surface area contributed by atoms with Gasteiger partial charge in [-0.1, -0.05) is 24.3 Å². The van der Waals surface area contributed by atoms with Crippen LogP contribution in [-0.2, 0) is 0 Å². The van der Waals surface area contributed by atoms with E-state index < -0.39 is 0 Å². The van der Waals surface area contributed by atoms with Gasteiger partial charge in [0.05, 0.1) is 24.2 Å². The number of carbonyl (C=O) groups is 1. The highest BCUT2D eigenvalue weighted by Gasteiger charge is 2.26. The Morgan fingerprint density at radius 1 is 1.25 bits per heavy atom. The Labute approximate surface area is 173 Å². The SMILES string of the molecule is COc1ccccc1C(CNC(=O)c1cnc(-c2cccs2)s1)N1CCCC1. The van der Waals surface area contributed by atoms with Crippen LogP contribution < -0.4 is 10.1 Å². The number of rotatable bonds is 7. The standard InChI is InChI=1S/C21H23N3O2S2/c1-26-17-8-3-2-7-15(17)16(24-10-4-5-11-24)13-22-20(25)19-14-23-21(28-19)18-9-6-12-27-18/h2-3,6-9,12,14,16H,4-5,10-11,13H2,1H3,(H,22,25). The lowest BCUT2D eigenvalue weighted by atomic mass is 10.0. The molecule has 3 aromatic rings. The molecule has 0 radical (unpaired) electrons. The first-order valence-corrected chi connectivity index (χ1v) is 11.1. The Morgan fingerprint density at radius 2 is 2.07 bits per heavy atom. The average molecular weight is 414 g/mol. The molecule has 0 saturated carbocycles. The first-order chi connectivity index (χ1) is 13.8. The monoisotopic (exact) mass is 413 g/mol. The minimum atomic E-state index is -0.0700. The summed E-state index contributed by atoms with van der Waals surface area (Å²) in [5, 5.41) is 6.03. The number of nitrogens with one attached hydrogen (secondary N) is 1. The molecule has 2 aromatic heterocycles. The molecule has 1 aromatic carbocycles. The van der Waals surface area contributed by atoms with Crippen LogP contribution in [0.1, 0.15) is 34.1 Å². The molecule has 7 heteroatoms. The maximum absolute atomic E-state index is 12.7. The van der Waals surface area contributed by atoms with Gasteiger partial charge in [0.25, 0.3) is 5.91 Å². The van der Waals surface area contributed by atoms with E-state index in [-0.39, 0.29) is 11.9 Å². The molecule has 1 atom stereocenters. The van der Waals surface area contributed by atoms with Crippen molar-refractivity contribution in [2.45, 2.75) is 18.9 Å². The normalized spacial score (nSPS) is 15.5. The molecule has 28 heavy (non-hydrogen) atoms. The van der Waals surface area contributed by atoms with E-state index in [1.807, 2.05) is 35.7 Å². The molecule has 0 spiro atoms. The van der Waals surface area contributed by atoms with Crippen LogP contribution in [0.25, 0.3) is 9.88 Å². The third-order valence-electron chi connectivity index (χ3n) is 5.00. The van der Waals surface area contributed by atoms with Crippen LogP contribution in [0.5, 0.6) is 5.75 Å². The number of carbonyl (C=O) groups excluding carboxylic acids is 1. The van der Waals surface area contributed by atoms with Crippen molar-refractivity contribution in [1.29, 1.82) is 0 Å². The number of likely N-dealkylation sites (tertiary alicyclic amines) is 1. The lowest BCUT2D eigenvalue weighted by Crippen LogP contribution is -2.36. The van der Waals surface area contributed by atoms with Crippen LogP contribution in [-0.4, -0.2) is 42.5 Å². The number of hydrogen-bond donors (Lipinski definition) is 1. The number of benzene rings is 1. The van der Waals surface area contributed by atoms with Gasteiger partial charge in [-0.25, -0.2) is 4.98 Å². The van der Waals surface area contributed by atoms with E-state index in [9.17, 15) is 4.79 Å². The second-order valence-corrected chi connectivity index (χ2v) is 8.70. The molecule has 4 rings (SSSR count). The van der Waals surface area contributed by atoms with E-state index in [0.717, 1.165) is 34.3 Å². The predicted molar refractivity (Wildman–Crippen MR) is 114 cm³/mol. The van der Waals surface area contributed by atoms with Crippen molar-refractivity contribution in [3.8, 4) is 15.6 Å². The number of amides is 1. The summed E-state index contributed by atoms with van der Waals surface area (Å²) in [5.74, 6) is 0.797. The van der Waals surface area contributed by atoms with Crippen LogP contribution in [0.3, 0.4) is 0 Å². The number of ether oxygens (including phenoxy) is 1. The van der Waals surface area contributed by atoms with Crippen LogP contribution in [0.4, 0.5) is 0 Å². The number of hydrogen-bond acceptors (Lipinski definition) is 6. The summed E-state index contributed by atoms with van der Waals surface area (Å²) in [6.07, 6.45) is 4.06. The summed E-state index contributed by atoms with van der Waals surface area (Å²) in [4.78, 5) is 21.3. The first-order valence-electron chi connectivity index (χ1n) is 9.41. The van der Waals surface area contributed by atoms with Crippen molar-refractivity contribution >= 4 is 28.6 Å². The van der Waals surface area contributed by atoms with Gasteiger partial charge in [-0.15, -0.1) is 22.7 Å². The smallest absolute Gasteiger partial charge is 0.263 e. The Hall–Kier alpha value is -2.22. The number of aromatic nitrogens is 1. The topological polar surface area (TPSA) is 54.5 Å². The van der Waals surface area contributed by atoms with Crippen molar-refractivity contribution in [3.05, 3.63) is 58.4 Å². The predicted octanol–water partition coefficient (Wildman–Crippen LogP) is 4.45. The molecule has 3 heterocycles. The second kappa shape index (κ2) is 8.86. The van der Waals surface area contributed by atoms with E-state index >= 15 is 0 Å². The summed E-state index contributed by atoms with van der Waals surface area (Å²) in [5.41, 5.74) is 1.12. The van der Waals surface area contributed by atoms with Gasteiger partial charge in [-0.2, -0.15) is 0 Å². The molecular formula is C21H23N3O2S2. The van der Waals surface area contributed by atoms with Gasteiger partial charge < -0.3 is 10.1 Å². The summed E-state index contributed by atoms with van der Waals surface area (Å²) < 4.78 is 5.58. The molecule has 1 N–H and O–H groups in total. The minimum Gasteiger partial charge on any atom is -0.496 e. The molecule has 0 bridgehead atoms. The molecule has 1 aliphatic heterocycles. The fourth-order valence-corrected chi connectivity index (χ4v) is 5.24. The summed E-state index contributed by atoms with van der Waals surface area (Å²) in [6.45, 7) is 2.63. The number of para-hydroxylation sites is 1. The van der Waals surface area contributed by atoms with Gasteiger partial charge in [0, 0.05) is 12.1 Å². The van der Waals surface area contributed by atoms with E-state index in [2.05, 4.69) is 21.3 Å². The quantitative estimate of drug-likeness (QED) is 0.622. The summed E-state index contributed by atoms with van der Waals surface area (Å²) in [7, 11) is 1.70. The van der Waals surface area contributed by atoms with Crippen molar-refractivity contribution < 1.29 is 9.53 Å². The minimum absolute atomic E-state index is 0.0700. The highest BCUT2D eigenvalue weighted by molar-refractivity contribution is 7.21. The number of methoxy groups -OCH3 is 1. The lowest BCUT2D eigenvalue weighted by molar-refractivity contribution is 0.0941. The number of thiazole rings is 1. The number of nitrogens with zero attached hydrogens (tertiary/aromatic N) is 2. The van der Waals surface area contributed by atoms with E-state index in [0.29, 0.717) is 11.4 Å². The highest BCUT2D eigenvalue weighted by Crippen LogP contribution is 2.32. The zero-order valence-electron chi connectivity index (χ0n) is 15.8. The Bertz CT molecular complexity index is 917. The molecule has 1 aliphatic rings. The van der Waals surface area contributed by atoms with Crippen LogP contribution in [0, 0.1) is 0 Å². The summed E-state index contributed by atoms with van der Waals surface area (Å²) >= 11 is 3.07. The number of thiophene rings is 1. The van der Waals surface area contributed by atoms with Gasteiger partial charge in [0.1, 0.15) is 15.6 Å². The zero-order chi connectivity index (χ0) is 19.3. The molecular weight excluding hydrogens is 390 g/mol. The third-order valence-corrected chi connectivity index (χ3v) is 7.03. The van der Waals surface area contributed by atoms with Crippen molar-refractivity contribution in [3.63, 3.8) is 0 Å². The Morgan fingerprint density at radius 3 is 2.82 bits per heavy atom. The van der Waals surface area contributed by atoms with Gasteiger partial charge in [-0.3, -0.25) is 9.69 Å². The molecule has 1 unspecified atom stereocenters. The second-order valence-electron chi connectivity index (χ2n) is 6.72. The van der Waals surface area contributed by atoms with Crippen LogP contribution in [0.15, 0.2) is 48.0 Å². The maximum atomic E-state index is 12.7. The highest BCUT2D eigenvalue weighted by atomic mass is 32.1. The van der Waals surface area contributed by atoms with Crippen LogP contribution in [0.2, 0.25) is 0 Å². The summed E-state index contributed by atoms with van der Waals surface area (Å²) in [6, 6.07) is 12.2. The van der Waals surface area contributed by atoms with E-state index in [4.69, 9.17) is 4.74 Å². The zero-order valence-corrected chi connectivity index (χ0v) is 17.4. The molecule has 1 fully saturated rings. The molecule has 0 aliphatic carbocycles. The fourth-order valence-electron chi connectivity index (χ4n) is 3.60.